The lowest BCUT2D eigenvalue weighted by Gasteiger charge is -2.09. The molecule has 8 nitrogen and oxygen atoms in total. The van der Waals surface area contributed by atoms with Gasteiger partial charge in [-0.15, -0.1) is 11.3 Å². The van der Waals surface area contributed by atoms with E-state index in [1.807, 2.05) is 30.0 Å². The SMILES string of the molecule is CC(C)n1cc(/C=C/c2csc(NC(=O)c3cccn3Cc3ccnc(F)c3)n2)nc1C#N. The zero-order valence-corrected chi connectivity index (χ0v) is 18.8. The molecule has 4 aromatic rings. The number of nitrogens with zero attached hydrogens (tertiary/aromatic N) is 6. The Morgan fingerprint density at radius 2 is 2.12 bits per heavy atom. The summed E-state index contributed by atoms with van der Waals surface area (Å²) in [5.41, 5.74) is 2.46. The van der Waals surface area contributed by atoms with E-state index in [4.69, 9.17) is 0 Å². The molecule has 0 spiro atoms. The summed E-state index contributed by atoms with van der Waals surface area (Å²) in [6, 6.07) is 8.71. The molecule has 1 N–H and O–H groups in total. The van der Waals surface area contributed by atoms with Crippen molar-refractivity contribution < 1.29 is 9.18 Å². The maximum Gasteiger partial charge on any atom is 0.274 e. The van der Waals surface area contributed by atoms with E-state index in [1.165, 1.54) is 23.6 Å². The van der Waals surface area contributed by atoms with Crippen molar-refractivity contribution in [2.75, 3.05) is 5.32 Å². The van der Waals surface area contributed by atoms with Crippen LogP contribution in [0, 0.1) is 17.3 Å². The highest BCUT2D eigenvalue weighted by molar-refractivity contribution is 7.14. The number of thiazole rings is 1. The van der Waals surface area contributed by atoms with Gasteiger partial charge in [0.05, 0.1) is 11.4 Å². The van der Waals surface area contributed by atoms with Crippen LogP contribution in [0.3, 0.4) is 0 Å². The van der Waals surface area contributed by atoms with E-state index in [1.54, 1.807) is 41.1 Å². The second-order valence-electron chi connectivity index (χ2n) is 7.48. The zero-order chi connectivity index (χ0) is 23.4. The van der Waals surface area contributed by atoms with Gasteiger partial charge in [0.2, 0.25) is 11.8 Å². The first-order valence-corrected chi connectivity index (χ1v) is 11.0. The molecule has 0 saturated heterocycles. The fourth-order valence-electron chi connectivity index (χ4n) is 3.22. The number of anilines is 1. The molecule has 10 heteroatoms. The van der Waals surface area contributed by atoms with Gasteiger partial charge in [0, 0.05) is 36.6 Å². The van der Waals surface area contributed by atoms with Gasteiger partial charge in [-0.05, 0) is 55.8 Å². The topological polar surface area (TPSA) is 101 Å². The van der Waals surface area contributed by atoms with Crippen LogP contribution >= 0.6 is 11.3 Å². The Hall–Kier alpha value is -4.10. The monoisotopic (exact) mass is 461 g/mol. The number of nitrogens with one attached hydrogen (secondary N) is 1. The molecular weight excluding hydrogens is 441 g/mol. The predicted octanol–water partition coefficient (Wildman–Crippen LogP) is 4.60. The number of aromatic nitrogens is 5. The summed E-state index contributed by atoms with van der Waals surface area (Å²) in [6.07, 6.45) is 8.53. The van der Waals surface area contributed by atoms with Crippen LogP contribution < -0.4 is 5.32 Å². The minimum Gasteiger partial charge on any atom is -0.339 e. The molecule has 0 fully saturated rings. The van der Waals surface area contributed by atoms with Gasteiger partial charge in [0.15, 0.2) is 5.13 Å². The van der Waals surface area contributed by atoms with Gasteiger partial charge in [-0.1, -0.05) is 0 Å². The molecule has 0 bridgehead atoms. The van der Waals surface area contributed by atoms with Gasteiger partial charge in [0.1, 0.15) is 11.8 Å². The molecule has 4 heterocycles. The summed E-state index contributed by atoms with van der Waals surface area (Å²) in [5, 5.41) is 14.3. The molecule has 0 radical (unpaired) electrons. The van der Waals surface area contributed by atoms with E-state index in [2.05, 4.69) is 26.3 Å². The second kappa shape index (κ2) is 9.58. The molecule has 1 amide bonds. The quantitative estimate of drug-likeness (QED) is 0.405. The molecule has 0 aliphatic rings. The summed E-state index contributed by atoms with van der Waals surface area (Å²) in [6.45, 7) is 4.31. The van der Waals surface area contributed by atoms with E-state index >= 15 is 0 Å². The van der Waals surface area contributed by atoms with E-state index in [0.29, 0.717) is 40.1 Å². The maximum atomic E-state index is 13.4. The zero-order valence-electron chi connectivity index (χ0n) is 17.9. The third-order valence-electron chi connectivity index (χ3n) is 4.78. The summed E-state index contributed by atoms with van der Waals surface area (Å²) in [4.78, 5) is 25.0. The Labute approximate surface area is 193 Å². The number of nitriles is 1. The number of imidazole rings is 1. The molecule has 0 aliphatic carbocycles. The number of halogens is 1. The van der Waals surface area contributed by atoms with Crippen molar-refractivity contribution in [3.8, 4) is 6.07 Å². The first-order valence-electron chi connectivity index (χ1n) is 10.1. The van der Waals surface area contributed by atoms with E-state index in [0.717, 1.165) is 0 Å². The molecule has 0 saturated carbocycles. The van der Waals surface area contributed by atoms with Crippen molar-refractivity contribution in [2.45, 2.75) is 26.4 Å². The Morgan fingerprint density at radius 1 is 1.30 bits per heavy atom. The predicted molar refractivity (Wildman–Crippen MR) is 124 cm³/mol. The van der Waals surface area contributed by atoms with Crippen molar-refractivity contribution in [3.05, 3.63) is 82.7 Å². The normalized spacial score (nSPS) is 11.2. The maximum absolute atomic E-state index is 13.4. The van der Waals surface area contributed by atoms with Crippen molar-refractivity contribution in [1.82, 2.24) is 24.1 Å². The van der Waals surface area contributed by atoms with Crippen molar-refractivity contribution >= 4 is 34.5 Å². The average molecular weight is 462 g/mol. The first-order chi connectivity index (χ1) is 15.9. The summed E-state index contributed by atoms with van der Waals surface area (Å²) in [7, 11) is 0. The number of carbonyl (C=O) groups is 1. The van der Waals surface area contributed by atoms with Crippen LogP contribution in [-0.2, 0) is 6.54 Å². The number of pyridine rings is 1. The van der Waals surface area contributed by atoms with Gasteiger partial charge in [-0.3, -0.25) is 10.1 Å². The highest BCUT2D eigenvalue weighted by atomic mass is 32.1. The Balaban J connectivity index is 1.43. The first kappa shape index (κ1) is 22.1. The molecule has 33 heavy (non-hydrogen) atoms. The lowest BCUT2D eigenvalue weighted by Crippen LogP contribution is -2.17. The van der Waals surface area contributed by atoms with Gasteiger partial charge < -0.3 is 9.13 Å². The minimum absolute atomic E-state index is 0.131. The standard InChI is InChI=1S/C23H20FN7OS/c1-15(2)31-13-17(27-21(31)11-25)5-6-18-14-33-23(28-18)29-22(32)19-4-3-9-30(19)12-16-7-8-26-20(24)10-16/h3-10,13-15H,12H2,1-2H3,(H,28,29,32)/b6-5+. The van der Waals surface area contributed by atoms with Gasteiger partial charge in [-0.25, -0.2) is 15.0 Å². The van der Waals surface area contributed by atoms with Crippen molar-refractivity contribution in [3.63, 3.8) is 0 Å². The van der Waals surface area contributed by atoms with E-state index < -0.39 is 5.95 Å². The Bertz CT molecular complexity index is 1360. The average Bonchev–Trinajstić information content (AvgIpc) is 3.52. The van der Waals surface area contributed by atoms with Crippen LogP contribution in [0.25, 0.3) is 12.2 Å². The molecular formula is C23H20FN7OS. The highest BCUT2D eigenvalue weighted by Gasteiger charge is 2.14. The van der Waals surface area contributed by atoms with E-state index in [-0.39, 0.29) is 11.9 Å². The van der Waals surface area contributed by atoms with Crippen molar-refractivity contribution in [2.24, 2.45) is 0 Å². The largest absolute Gasteiger partial charge is 0.339 e. The lowest BCUT2D eigenvalue weighted by atomic mass is 10.2. The van der Waals surface area contributed by atoms with Crippen LogP contribution in [-0.4, -0.2) is 30.0 Å². The van der Waals surface area contributed by atoms with Crippen LogP contribution in [0.2, 0.25) is 0 Å². The van der Waals surface area contributed by atoms with Gasteiger partial charge in [0.25, 0.3) is 5.91 Å². The van der Waals surface area contributed by atoms with Gasteiger partial charge >= 0.3 is 0 Å². The number of amides is 1. The number of hydrogen-bond donors (Lipinski definition) is 1. The van der Waals surface area contributed by atoms with Crippen LogP contribution in [0.4, 0.5) is 9.52 Å². The molecule has 0 atom stereocenters. The number of rotatable bonds is 7. The Kier molecular flexibility index (Phi) is 6.42. The second-order valence-corrected chi connectivity index (χ2v) is 8.33. The van der Waals surface area contributed by atoms with Crippen molar-refractivity contribution in [1.29, 1.82) is 5.26 Å². The summed E-state index contributed by atoms with van der Waals surface area (Å²) >= 11 is 1.30. The molecule has 166 valence electrons. The molecule has 0 aliphatic heterocycles. The summed E-state index contributed by atoms with van der Waals surface area (Å²) < 4.78 is 16.9. The molecule has 0 aromatic carbocycles. The van der Waals surface area contributed by atoms with Gasteiger partial charge in [-0.2, -0.15) is 9.65 Å². The molecule has 4 rings (SSSR count). The third kappa shape index (κ3) is 5.22. The number of carbonyl (C=O) groups excluding carboxylic acids is 1. The summed E-state index contributed by atoms with van der Waals surface area (Å²) in [5.74, 6) is -0.518. The van der Waals surface area contributed by atoms with Crippen LogP contribution in [0.5, 0.6) is 0 Å². The fourth-order valence-corrected chi connectivity index (χ4v) is 3.89. The smallest absolute Gasteiger partial charge is 0.274 e. The molecule has 0 unspecified atom stereocenters. The van der Waals surface area contributed by atoms with Crippen LogP contribution in [0.15, 0.2) is 48.2 Å². The third-order valence-corrected chi connectivity index (χ3v) is 5.56. The van der Waals surface area contributed by atoms with Crippen LogP contribution in [0.1, 0.15) is 53.2 Å². The Morgan fingerprint density at radius 3 is 2.85 bits per heavy atom. The fraction of sp³-hybridized carbons (Fsp3) is 0.174. The molecule has 4 aromatic heterocycles. The highest BCUT2D eigenvalue weighted by Crippen LogP contribution is 2.19. The lowest BCUT2D eigenvalue weighted by molar-refractivity contribution is 0.101. The number of hydrogen-bond acceptors (Lipinski definition) is 6. The van der Waals surface area contributed by atoms with E-state index in [9.17, 15) is 14.4 Å². The minimum atomic E-state index is -0.561.